The van der Waals surface area contributed by atoms with Crippen molar-refractivity contribution in [1.82, 2.24) is 5.43 Å². The van der Waals surface area contributed by atoms with Crippen LogP contribution in [0.1, 0.15) is 19.4 Å². The van der Waals surface area contributed by atoms with E-state index in [4.69, 9.17) is 10.5 Å². The minimum atomic E-state index is 0.130. The van der Waals surface area contributed by atoms with Crippen LogP contribution in [0.4, 0.5) is 0 Å². The minimum Gasteiger partial charge on any atom is -0.493 e. The predicted molar refractivity (Wildman–Crippen MR) is 82.0 cm³/mol. The van der Waals surface area contributed by atoms with Crippen molar-refractivity contribution in [3.8, 4) is 5.75 Å². The Labute approximate surface area is 121 Å². The molecule has 0 aromatic heterocycles. The van der Waals surface area contributed by atoms with Gasteiger partial charge in [0, 0.05) is 10.0 Å². The Morgan fingerprint density at radius 1 is 1.61 bits per heavy atom. The van der Waals surface area contributed by atoms with Gasteiger partial charge >= 0.3 is 0 Å². The summed E-state index contributed by atoms with van der Waals surface area (Å²) in [6, 6.07) is 5.74. The second-order valence-corrected chi connectivity index (χ2v) is 5.48. The lowest BCUT2D eigenvalue weighted by molar-refractivity contribution is 0.270. The molecule has 0 fully saturated rings. The molecule has 0 amide bonds. The lowest BCUT2D eigenvalue weighted by atomic mass is 10.2. The molecule has 98 valence electrons. The predicted octanol–water partition coefficient (Wildman–Crippen LogP) is 2.65. The van der Waals surface area contributed by atoms with E-state index in [1.54, 1.807) is 6.21 Å². The maximum Gasteiger partial charge on any atom is 0.184 e. The number of hydrogen-bond donors (Lipinski definition) is 2. The van der Waals surface area contributed by atoms with Crippen molar-refractivity contribution in [3.63, 3.8) is 0 Å². The molecule has 18 heavy (non-hydrogen) atoms. The topological polar surface area (TPSA) is 59.6 Å². The van der Waals surface area contributed by atoms with Gasteiger partial charge in [0.2, 0.25) is 0 Å². The van der Waals surface area contributed by atoms with Crippen molar-refractivity contribution in [2.75, 3.05) is 6.61 Å². The Balaban J connectivity index is 2.82. The van der Waals surface area contributed by atoms with Gasteiger partial charge in [0.1, 0.15) is 5.75 Å². The molecule has 1 aromatic rings. The highest BCUT2D eigenvalue weighted by atomic mass is 79.9. The lowest BCUT2D eigenvalue weighted by Gasteiger charge is -2.11. The fourth-order valence-corrected chi connectivity index (χ4v) is 1.61. The van der Waals surface area contributed by atoms with Crippen LogP contribution < -0.4 is 15.9 Å². The highest BCUT2D eigenvalue weighted by Gasteiger charge is 2.04. The average Bonchev–Trinajstić information content (AvgIpc) is 2.27. The average molecular weight is 330 g/mol. The third-order valence-corrected chi connectivity index (χ3v) is 2.51. The van der Waals surface area contributed by atoms with Gasteiger partial charge in [-0.1, -0.05) is 29.8 Å². The quantitative estimate of drug-likeness (QED) is 0.495. The van der Waals surface area contributed by atoms with Gasteiger partial charge in [0.25, 0.3) is 0 Å². The molecule has 0 saturated carbocycles. The number of thiocarbonyl (C=S) groups is 1. The summed E-state index contributed by atoms with van der Waals surface area (Å²) in [5.74, 6) is 1.24. The second-order valence-electron chi connectivity index (χ2n) is 4.12. The van der Waals surface area contributed by atoms with E-state index in [9.17, 15) is 0 Å². The van der Waals surface area contributed by atoms with Gasteiger partial charge in [-0.25, -0.2) is 0 Å². The van der Waals surface area contributed by atoms with Crippen molar-refractivity contribution < 1.29 is 4.74 Å². The summed E-state index contributed by atoms with van der Waals surface area (Å²) in [7, 11) is 0. The first-order valence-electron chi connectivity index (χ1n) is 5.50. The van der Waals surface area contributed by atoms with E-state index in [0.29, 0.717) is 12.5 Å². The molecule has 4 nitrogen and oxygen atoms in total. The van der Waals surface area contributed by atoms with Crippen LogP contribution in [-0.4, -0.2) is 17.9 Å². The maximum absolute atomic E-state index is 5.71. The number of rotatable bonds is 5. The van der Waals surface area contributed by atoms with Crippen LogP contribution in [0.5, 0.6) is 5.75 Å². The molecule has 6 heteroatoms. The molecule has 0 spiro atoms. The largest absolute Gasteiger partial charge is 0.493 e. The van der Waals surface area contributed by atoms with Gasteiger partial charge in [-0.3, -0.25) is 5.43 Å². The van der Waals surface area contributed by atoms with Crippen LogP contribution in [0.2, 0.25) is 0 Å². The Kier molecular flexibility index (Phi) is 6.07. The molecule has 3 N–H and O–H groups in total. The lowest BCUT2D eigenvalue weighted by Crippen LogP contribution is -2.24. The molecule has 1 aromatic carbocycles. The zero-order valence-corrected chi connectivity index (χ0v) is 12.7. The summed E-state index contributed by atoms with van der Waals surface area (Å²) in [4.78, 5) is 0. The summed E-state index contributed by atoms with van der Waals surface area (Å²) in [5, 5.41) is 4.06. The summed E-state index contributed by atoms with van der Waals surface area (Å²) < 4.78 is 6.66. The highest BCUT2D eigenvalue weighted by molar-refractivity contribution is 9.10. The number of nitrogens with one attached hydrogen (secondary N) is 1. The molecule has 0 unspecified atom stereocenters. The van der Waals surface area contributed by atoms with Crippen LogP contribution >= 0.6 is 28.1 Å². The second kappa shape index (κ2) is 7.33. The summed E-state index contributed by atoms with van der Waals surface area (Å²) in [6.45, 7) is 4.85. The molecule has 0 saturated heterocycles. The smallest absolute Gasteiger partial charge is 0.184 e. The molecular formula is C12H16BrN3OS. The Morgan fingerprint density at radius 3 is 2.94 bits per heavy atom. The fraction of sp³-hybridized carbons (Fsp3) is 0.333. The third-order valence-electron chi connectivity index (χ3n) is 1.92. The van der Waals surface area contributed by atoms with Crippen molar-refractivity contribution in [1.29, 1.82) is 0 Å². The first kappa shape index (κ1) is 14.9. The number of hydrazone groups is 1. The molecule has 0 aliphatic heterocycles. The van der Waals surface area contributed by atoms with Crippen molar-refractivity contribution in [2.24, 2.45) is 16.8 Å². The number of halogens is 1. The van der Waals surface area contributed by atoms with Gasteiger partial charge in [0.15, 0.2) is 5.11 Å². The normalized spacial score (nSPS) is 10.9. The molecule has 0 radical (unpaired) electrons. The van der Waals surface area contributed by atoms with Crippen molar-refractivity contribution in [3.05, 3.63) is 28.2 Å². The number of hydrogen-bond acceptors (Lipinski definition) is 3. The van der Waals surface area contributed by atoms with E-state index in [1.165, 1.54) is 0 Å². The van der Waals surface area contributed by atoms with E-state index in [0.717, 1.165) is 15.8 Å². The monoisotopic (exact) mass is 329 g/mol. The van der Waals surface area contributed by atoms with Crippen LogP contribution in [0.25, 0.3) is 0 Å². The van der Waals surface area contributed by atoms with Crippen molar-refractivity contribution in [2.45, 2.75) is 13.8 Å². The van der Waals surface area contributed by atoms with Gasteiger partial charge in [-0.15, -0.1) is 0 Å². The van der Waals surface area contributed by atoms with Crippen LogP contribution in [0.15, 0.2) is 27.8 Å². The molecule has 0 atom stereocenters. The van der Waals surface area contributed by atoms with Gasteiger partial charge in [-0.05, 0) is 36.3 Å². The Morgan fingerprint density at radius 2 is 2.33 bits per heavy atom. The number of nitrogens with two attached hydrogens (primary N) is 1. The van der Waals surface area contributed by atoms with E-state index >= 15 is 0 Å². The van der Waals surface area contributed by atoms with E-state index in [-0.39, 0.29) is 5.11 Å². The minimum absolute atomic E-state index is 0.130. The third kappa shape index (κ3) is 5.46. The summed E-state index contributed by atoms with van der Waals surface area (Å²) in [5.41, 5.74) is 8.66. The van der Waals surface area contributed by atoms with Crippen LogP contribution in [0, 0.1) is 5.92 Å². The summed E-state index contributed by atoms with van der Waals surface area (Å²) in [6.07, 6.45) is 1.62. The highest BCUT2D eigenvalue weighted by Crippen LogP contribution is 2.22. The Hall–Kier alpha value is -1.14. The zero-order chi connectivity index (χ0) is 13.5. The van der Waals surface area contributed by atoms with Crippen LogP contribution in [-0.2, 0) is 0 Å². The molecule has 0 bridgehead atoms. The van der Waals surface area contributed by atoms with E-state index in [2.05, 4.69) is 52.5 Å². The zero-order valence-electron chi connectivity index (χ0n) is 10.3. The van der Waals surface area contributed by atoms with Gasteiger partial charge in [0.05, 0.1) is 12.8 Å². The molecule has 1 rings (SSSR count). The fourth-order valence-electron chi connectivity index (χ4n) is 1.17. The molecule has 0 aliphatic rings. The van der Waals surface area contributed by atoms with Gasteiger partial charge < -0.3 is 10.5 Å². The maximum atomic E-state index is 5.71. The van der Waals surface area contributed by atoms with Crippen molar-refractivity contribution >= 4 is 39.5 Å². The number of benzene rings is 1. The summed E-state index contributed by atoms with van der Waals surface area (Å²) >= 11 is 8.08. The number of ether oxygens (including phenoxy) is 1. The molecule has 0 aliphatic carbocycles. The standard InChI is InChI=1S/C12H16BrN3OS/c1-8(2)7-17-11-4-3-10(13)5-9(11)6-15-16-12(14)18/h3-6,8H,7H2,1-2H3,(H3,14,16,18). The first-order chi connectivity index (χ1) is 8.49. The van der Waals surface area contributed by atoms with E-state index < -0.39 is 0 Å². The SMILES string of the molecule is CC(C)COc1ccc(Br)cc1C=NNC(N)=S. The molecule has 0 heterocycles. The van der Waals surface area contributed by atoms with Gasteiger partial charge in [-0.2, -0.15) is 5.10 Å². The first-order valence-corrected chi connectivity index (χ1v) is 6.70. The van der Waals surface area contributed by atoms with Crippen LogP contribution in [0.3, 0.4) is 0 Å². The Bertz CT molecular complexity index is 449. The molecular weight excluding hydrogens is 314 g/mol. The number of nitrogens with zero attached hydrogens (tertiary/aromatic N) is 1. The van der Waals surface area contributed by atoms with E-state index in [1.807, 2.05) is 18.2 Å².